The topological polar surface area (TPSA) is 152 Å². The van der Waals surface area contributed by atoms with Gasteiger partial charge in [-0.05, 0) is 45.0 Å². The Kier molecular flexibility index (Phi) is 10.0. The van der Waals surface area contributed by atoms with Crippen LogP contribution in [0.5, 0.6) is 23.0 Å². The molecule has 0 saturated heterocycles. The molecule has 44 heavy (non-hydrogen) atoms. The molecule has 0 aliphatic rings. The van der Waals surface area contributed by atoms with Crippen LogP contribution in [0.15, 0.2) is 55.2 Å². The van der Waals surface area contributed by atoms with Gasteiger partial charge in [0.15, 0.2) is 23.0 Å². The van der Waals surface area contributed by atoms with Crippen molar-refractivity contribution in [1.29, 1.82) is 0 Å². The minimum Gasteiger partial charge on any atom is -0.493 e. The average Bonchev–Trinajstić information content (AvgIpc) is 3.00. The number of nitrogens with one attached hydrogen (secondary N) is 2. The molecular weight excluding hydrogens is 590 g/mol. The fourth-order valence-electron chi connectivity index (χ4n) is 3.92. The molecule has 3 heterocycles. The number of fused-ring (bicyclic) bond motifs is 2. The van der Waals surface area contributed by atoms with Crippen LogP contribution in [-0.4, -0.2) is 65.1 Å². The van der Waals surface area contributed by atoms with Crippen LogP contribution in [-0.2, 0) is 4.74 Å². The summed E-state index contributed by atoms with van der Waals surface area (Å²) < 4.78 is 26.2. The summed E-state index contributed by atoms with van der Waals surface area (Å²) in [5.74, 6) is 3.37. The van der Waals surface area contributed by atoms with E-state index in [2.05, 4.69) is 35.6 Å². The summed E-state index contributed by atoms with van der Waals surface area (Å²) >= 11 is 5.93. The van der Waals surface area contributed by atoms with Crippen molar-refractivity contribution in [3.05, 3.63) is 60.4 Å². The lowest BCUT2D eigenvalue weighted by molar-refractivity contribution is 0.0635. The lowest BCUT2D eigenvalue weighted by Crippen LogP contribution is -2.27. The van der Waals surface area contributed by atoms with Crippen molar-refractivity contribution < 1.29 is 28.5 Å². The summed E-state index contributed by atoms with van der Waals surface area (Å²) in [6.07, 6.45) is 3.90. The first kappa shape index (κ1) is 31.8. The van der Waals surface area contributed by atoms with Crippen LogP contribution in [0.3, 0.4) is 0 Å². The molecule has 2 aromatic carbocycles. The minimum absolute atomic E-state index is 0.378. The number of rotatable bonds is 7. The molecule has 0 saturated carbocycles. The third kappa shape index (κ3) is 7.81. The molecule has 0 radical (unpaired) electrons. The molecule has 3 aromatic heterocycles. The van der Waals surface area contributed by atoms with Gasteiger partial charge in [0.1, 0.15) is 35.0 Å². The highest BCUT2D eigenvalue weighted by Crippen LogP contribution is 2.35. The fourth-order valence-corrected chi connectivity index (χ4v) is 4.12. The van der Waals surface area contributed by atoms with Gasteiger partial charge in [-0.15, -0.1) is 0 Å². The average molecular weight is 622 g/mol. The summed E-state index contributed by atoms with van der Waals surface area (Å²) in [5.41, 5.74) is 1.54. The Morgan fingerprint density at radius 2 is 1.27 bits per heavy atom. The SMILES string of the molecule is COc1cc2ncnc(Cl)c2cc1OC.COc1cc2ncnc(Nc3ccc(NC(=O)OC(C)(C)C)nc3)c2cc1OC. The number of carbonyl (C=O) groups is 1. The number of anilines is 3. The van der Waals surface area contributed by atoms with Crippen molar-refractivity contribution in [1.82, 2.24) is 24.9 Å². The van der Waals surface area contributed by atoms with E-state index in [1.807, 2.05) is 6.07 Å². The second kappa shape index (κ2) is 13.9. The molecule has 2 N–H and O–H groups in total. The first-order valence-electron chi connectivity index (χ1n) is 13.2. The van der Waals surface area contributed by atoms with Gasteiger partial charge in [0.2, 0.25) is 0 Å². The number of ether oxygens (including phenoxy) is 5. The molecule has 0 aliphatic heterocycles. The third-order valence-electron chi connectivity index (χ3n) is 5.89. The molecule has 0 spiro atoms. The van der Waals surface area contributed by atoms with E-state index < -0.39 is 11.7 Å². The first-order chi connectivity index (χ1) is 21.0. The number of hydrogen-bond donors (Lipinski definition) is 2. The molecule has 13 nitrogen and oxygen atoms in total. The standard InChI is InChI=1S/C20H23N5O4.C10H9ClN2O2/c1-20(2,3)29-19(26)25-17-7-6-12(10-21-17)24-18-13-8-15(27-4)16(28-5)9-14(13)22-11-23-18;1-14-8-3-6-7(4-9(8)15-2)12-5-13-10(6)11/h6-11H,1-5H3,(H,21,25,26)(H,22,23,24);3-5H,1-2H3. The molecule has 1 amide bonds. The number of methoxy groups -OCH3 is 4. The van der Waals surface area contributed by atoms with Crippen molar-refractivity contribution in [3.63, 3.8) is 0 Å². The second-order valence-corrected chi connectivity index (χ2v) is 10.4. The second-order valence-electron chi connectivity index (χ2n) is 10.0. The van der Waals surface area contributed by atoms with Crippen molar-refractivity contribution in [2.75, 3.05) is 39.1 Å². The van der Waals surface area contributed by atoms with Crippen molar-refractivity contribution in [2.24, 2.45) is 0 Å². The van der Waals surface area contributed by atoms with E-state index in [0.29, 0.717) is 51.0 Å². The number of pyridine rings is 1. The Labute approximate surface area is 258 Å². The first-order valence-corrected chi connectivity index (χ1v) is 13.5. The smallest absolute Gasteiger partial charge is 0.413 e. The van der Waals surface area contributed by atoms with Gasteiger partial charge in [-0.1, -0.05) is 11.6 Å². The van der Waals surface area contributed by atoms with Crippen molar-refractivity contribution in [2.45, 2.75) is 26.4 Å². The van der Waals surface area contributed by atoms with Crippen LogP contribution < -0.4 is 29.6 Å². The van der Waals surface area contributed by atoms with E-state index in [-0.39, 0.29) is 0 Å². The lowest BCUT2D eigenvalue weighted by Gasteiger charge is -2.19. The van der Waals surface area contributed by atoms with Gasteiger partial charge in [-0.25, -0.2) is 29.7 Å². The molecule has 0 unspecified atom stereocenters. The largest absolute Gasteiger partial charge is 0.493 e. The molecule has 0 fully saturated rings. The van der Waals surface area contributed by atoms with E-state index in [0.717, 1.165) is 16.3 Å². The summed E-state index contributed by atoms with van der Waals surface area (Å²) in [7, 11) is 6.29. The molecule has 0 bridgehead atoms. The Morgan fingerprint density at radius 3 is 1.82 bits per heavy atom. The molecule has 0 aliphatic carbocycles. The maximum atomic E-state index is 11.8. The fraction of sp³-hybridized carbons (Fsp3) is 0.267. The summed E-state index contributed by atoms with van der Waals surface area (Å²) in [5, 5.41) is 7.71. The minimum atomic E-state index is -0.580. The van der Waals surface area contributed by atoms with Gasteiger partial charge in [0, 0.05) is 22.9 Å². The highest BCUT2D eigenvalue weighted by molar-refractivity contribution is 6.34. The number of hydrogen-bond acceptors (Lipinski definition) is 12. The number of carbonyl (C=O) groups excluding carboxylic acids is 1. The highest BCUT2D eigenvalue weighted by Gasteiger charge is 2.17. The third-order valence-corrected chi connectivity index (χ3v) is 6.19. The Hall–Kier alpha value is -5.17. The predicted molar refractivity (Wildman–Crippen MR) is 168 cm³/mol. The maximum absolute atomic E-state index is 11.8. The quantitative estimate of drug-likeness (QED) is 0.192. The summed E-state index contributed by atoms with van der Waals surface area (Å²) in [6.45, 7) is 5.39. The number of nitrogens with zero attached hydrogens (tertiary/aromatic N) is 5. The van der Waals surface area contributed by atoms with Crippen molar-refractivity contribution >= 4 is 56.8 Å². The van der Waals surface area contributed by atoms with Gasteiger partial charge < -0.3 is 29.0 Å². The van der Waals surface area contributed by atoms with E-state index in [1.165, 1.54) is 12.7 Å². The zero-order valence-electron chi connectivity index (χ0n) is 25.3. The number of aromatic nitrogens is 5. The number of benzene rings is 2. The van der Waals surface area contributed by atoms with Gasteiger partial charge in [-0.2, -0.15) is 0 Å². The van der Waals surface area contributed by atoms with Crippen LogP contribution in [0.4, 0.5) is 22.1 Å². The van der Waals surface area contributed by atoms with E-state index in [9.17, 15) is 4.79 Å². The number of halogens is 1. The van der Waals surface area contributed by atoms with Gasteiger partial charge in [0.05, 0.1) is 51.4 Å². The van der Waals surface area contributed by atoms with Gasteiger partial charge in [-0.3, -0.25) is 5.32 Å². The molecule has 230 valence electrons. The normalized spacial score (nSPS) is 10.8. The van der Waals surface area contributed by atoms with Crippen LogP contribution in [0.25, 0.3) is 21.8 Å². The van der Waals surface area contributed by atoms with Crippen LogP contribution in [0.2, 0.25) is 5.15 Å². The molecule has 5 rings (SSSR count). The zero-order valence-corrected chi connectivity index (χ0v) is 26.0. The molecular formula is C30H32ClN7O6. The maximum Gasteiger partial charge on any atom is 0.413 e. The zero-order chi connectivity index (χ0) is 31.9. The van der Waals surface area contributed by atoms with Gasteiger partial charge >= 0.3 is 6.09 Å². The highest BCUT2D eigenvalue weighted by atomic mass is 35.5. The van der Waals surface area contributed by atoms with Crippen LogP contribution >= 0.6 is 11.6 Å². The van der Waals surface area contributed by atoms with Gasteiger partial charge in [0.25, 0.3) is 0 Å². The Balaban J connectivity index is 0.000000246. The summed E-state index contributed by atoms with van der Waals surface area (Å²) in [6, 6.07) is 10.6. The molecule has 5 aromatic rings. The van der Waals surface area contributed by atoms with Crippen molar-refractivity contribution in [3.8, 4) is 23.0 Å². The molecule has 14 heteroatoms. The van der Waals surface area contributed by atoms with Crippen LogP contribution in [0.1, 0.15) is 20.8 Å². The van der Waals surface area contributed by atoms with E-state index in [1.54, 1.807) is 85.7 Å². The predicted octanol–water partition coefficient (Wildman–Crippen LogP) is 6.43. The Morgan fingerprint density at radius 1 is 0.727 bits per heavy atom. The van der Waals surface area contributed by atoms with E-state index in [4.69, 9.17) is 35.3 Å². The Bertz CT molecular complexity index is 1760. The van der Waals surface area contributed by atoms with Crippen LogP contribution in [0, 0.1) is 0 Å². The lowest BCUT2D eigenvalue weighted by atomic mass is 10.2. The van der Waals surface area contributed by atoms with E-state index >= 15 is 0 Å². The molecule has 0 atom stereocenters. The number of amides is 1. The monoisotopic (exact) mass is 621 g/mol. The summed E-state index contributed by atoms with van der Waals surface area (Å²) in [4.78, 5) is 32.6.